The first-order valence-corrected chi connectivity index (χ1v) is 10.2. The Morgan fingerprint density at radius 3 is 2.83 bits per heavy atom. The van der Waals surface area contributed by atoms with Crippen LogP contribution in [0.15, 0.2) is 43.0 Å². The number of nitrogens with zero attached hydrogens (tertiary/aromatic N) is 5. The van der Waals surface area contributed by atoms with Crippen LogP contribution in [0.1, 0.15) is 53.2 Å². The first-order chi connectivity index (χ1) is 14.6. The van der Waals surface area contributed by atoms with Gasteiger partial charge in [-0.3, -0.25) is 9.78 Å². The van der Waals surface area contributed by atoms with Gasteiger partial charge in [-0.25, -0.2) is 15.0 Å². The van der Waals surface area contributed by atoms with Crippen molar-refractivity contribution in [1.82, 2.24) is 24.8 Å². The molecule has 0 saturated carbocycles. The summed E-state index contributed by atoms with van der Waals surface area (Å²) in [5.41, 5.74) is 4.40. The standard InChI is InChI=1S/C23H25N5O2/c1-4-30-22-18(7-5-10-25-22)23(29)28-12-6-8-20(28)21-19(14-26-16(3)27-21)17-9-11-24-13-15(17)2/h5,7,9-11,13-14,20H,4,6,8,12H2,1-3H3/t20-/m1/s1. The van der Waals surface area contributed by atoms with Crippen LogP contribution in [-0.2, 0) is 0 Å². The zero-order valence-electron chi connectivity index (χ0n) is 17.5. The fourth-order valence-corrected chi connectivity index (χ4v) is 3.98. The number of pyridine rings is 2. The maximum absolute atomic E-state index is 13.5. The van der Waals surface area contributed by atoms with E-state index in [0.29, 0.717) is 30.4 Å². The minimum atomic E-state index is -0.128. The predicted molar refractivity (Wildman–Crippen MR) is 113 cm³/mol. The van der Waals surface area contributed by atoms with Gasteiger partial charge in [0, 0.05) is 36.9 Å². The lowest BCUT2D eigenvalue weighted by molar-refractivity contribution is 0.0728. The van der Waals surface area contributed by atoms with Crippen molar-refractivity contribution in [3.63, 3.8) is 0 Å². The van der Waals surface area contributed by atoms with Crippen molar-refractivity contribution in [3.8, 4) is 17.0 Å². The van der Waals surface area contributed by atoms with Crippen LogP contribution in [0.3, 0.4) is 0 Å². The van der Waals surface area contributed by atoms with Crippen LogP contribution in [-0.4, -0.2) is 43.9 Å². The van der Waals surface area contributed by atoms with Gasteiger partial charge >= 0.3 is 0 Å². The second-order valence-corrected chi connectivity index (χ2v) is 7.35. The zero-order valence-corrected chi connectivity index (χ0v) is 17.5. The summed E-state index contributed by atoms with van der Waals surface area (Å²) in [7, 11) is 0. The molecule has 0 aliphatic carbocycles. The van der Waals surface area contributed by atoms with Crippen LogP contribution in [0, 0.1) is 13.8 Å². The van der Waals surface area contributed by atoms with Crippen molar-refractivity contribution >= 4 is 5.91 Å². The summed E-state index contributed by atoms with van der Waals surface area (Å²) in [4.78, 5) is 33.0. The molecule has 7 nitrogen and oxygen atoms in total. The van der Waals surface area contributed by atoms with E-state index in [9.17, 15) is 4.79 Å². The van der Waals surface area contributed by atoms with Gasteiger partial charge in [-0.1, -0.05) is 0 Å². The Hall–Kier alpha value is -3.35. The van der Waals surface area contributed by atoms with E-state index in [0.717, 1.165) is 35.2 Å². The smallest absolute Gasteiger partial charge is 0.259 e. The third-order valence-electron chi connectivity index (χ3n) is 5.36. The van der Waals surface area contributed by atoms with Crippen molar-refractivity contribution in [2.75, 3.05) is 13.2 Å². The highest BCUT2D eigenvalue weighted by Crippen LogP contribution is 2.38. The molecule has 3 aromatic rings. The Morgan fingerprint density at radius 2 is 2.03 bits per heavy atom. The topological polar surface area (TPSA) is 81.1 Å². The van der Waals surface area contributed by atoms with Gasteiger partial charge < -0.3 is 9.64 Å². The van der Waals surface area contributed by atoms with E-state index in [1.54, 1.807) is 24.5 Å². The molecule has 0 N–H and O–H groups in total. The van der Waals surface area contributed by atoms with E-state index in [2.05, 4.69) is 15.0 Å². The monoisotopic (exact) mass is 403 g/mol. The van der Waals surface area contributed by atoms with E-state index in [-0.39, 0.29) is 11.9 Å². The van der Waals surface area contributed by atoms with Gasteiger partial charge in [0.2, 0.25) is 5.88 Å². The third kappa shape index (κ3) is 3.75. The molecule has 154 valence electrons. The van der Waals surface area contributed by atoms with Crippen LogP contribution in [0.5, 0.6) is 5.88 Å². The fourth-order valence-electron chi connectivity index (χ4n) is 3.98. The molecule has 3 aromatic heterocycles. The lowest BCUT2D eigenvalue weighted by Gasteiger charge is -2.27. The van der Waals surface area contributed by atoms with Crippen LogP contribution >= 0.6 is 0 Å². The lowest BCUT2D eigenvalue weighted by atomic mass is 9.97. The third-order valence-corrected chi connectivity index (χ3v) is 5.36. The molecule has 1 aliphatic heterocycles. The SMILES string of the molecule is CCOc1ncccc1C(=O)N1CCC[C@@H]1c1nc(C)ncc1-c1ccncc1C. The number of amides is 1. The number of carbonyl (C=O) groups is 1. The van der Waals surface area contributed by atoms with Crippen molar-refractivity contribution in [1.29, 1.82) is 0 Å². The maximum atomic E-state index is 13.5. The minimum Gasteiger partial charge on any atom is -0.477 e. The molecule has 0 bridgehead atoms. The van der Waals surface area contributed by atoms with Gasteiger partial charge in [-0.2, -0.15) is 0 Å². The summed E-state index contributed by atoms with van der Waals surface area (Å²) in [6.07, 6.45) is 8.87. The Kier molecular flexibility index (Phi) is 5.70. The molecule has 7 heteroatoms. The summed E-state index contributed by atoms with van der Waals surface area (Å²) < 4.78 is 5.60. The number of rotatable bonds is 5. The normalized spacial score (nSPS) is 16.0. The van der Waals surface area contributed by atoms with E-state index in [1.807, 2.05) is 44.1 Å². The second kappa shape index (κ2) is 8.57. The lowest BCUT2D eigenvalue weighted by Crippen LogP contribution is -2.32. The number of aryl methyl sites for hydroxylation is 2. The molecule has 1 aliphatic rings. The van der Waals surface area contributed by atoms with E-state index in [1.165, 1.54) is 0 Å². The summed E-state index contributed by atoms with van der Waals surface area (Å²) in [6, 6.07) is 5.38. The van der Waals surface area contributed by atoms with Crippen LogP contribution in [0.4, 0.5) is 0 Å². The highest BCUT2D eigenvalue weighted by Gasteiger charge is 2.35. The molecule has 1 fully saturated rings. The number of likely N-dealkylation sites (tertiary alicyclic amines) is 1. The number of hydrogen-bond acceptors (Lipinski definition) is 6. The molecule has 0 spiro atoms. The summed E-state index contributed by atoms with van der Waals surface area (Å²) in [5, 5.41) is 0. The van der Waals surface area contributed by atoms with Gasteiger partial charge in [-0.05, 0) is 62.9 Å². The molecule has 4 heterocycles. The minimum absolute atomic E-state index is 0.0808. The Bertz CT molecular complexity index is 1070. The highest BCUT2D eigenvalue weighted by molar-refractivity contribution is 5.97. The summed E-state index contributed by atoms with van der Waals surface area (Å²) >= 11 is 0. The number of ether oxygens (including phenoxy) is 1. The van der Waals surface area contributed by atoms with Gasteiger partial charge in [0.1, 0.15) is 11.4 Å². The largest absolute Gasteiger partial charge is 0.477 e. The summed E-state index contributed by atoms with van der Waals surface area (Å²) in [5.74, 6) is 0.985. The molecular formula is C23H25N5O2. The molecule has 0 unspecified atom stereocenters. The number of carbonyl (C=O) groups excluding carboxylic acids is 1. The highest BCUT2D eigenvalue weighted by atomic mass is 16.5. The molecule has 1 saturated heterocycles. The van der Waals surface area contributed by atoms with Crippen LogP contribution < -0.4 is 4.74 Å². The zero-order chi connectivity index (χ0) is 21.1. The van der Waals surface area contributed by atoms with Gasteiger partial charge in [0.05, 0.1) is 18.3 Å². The Balaban J connectivity index is 1.76. The van der Waals surface area contributed by atoms with Crippen LogP contribution in [0.2, 0.25) is 0 Å². The van der Waals surface area contributed by atoms with Crippen molar-refractivity contribution in [2.24, 2.45) is 0 Å². The van der Waals surface area contributed by atoms with Crippen molar-refractivity contribution in [2.45, 2.75) is 39.7 Å². The second-order valence-electron chi connectivity index (χ2n) is 7.35. The fraction of sp³-hybridized carbons (Fsp3) is 0.348. The average molecular weight is 403 g/mol. The molecule has 30 heavy (non-hydrogen) atoms. The van der Waals surface area contributed by atoms with Crippen molar-refractivity contribution < 1.29 is 9.53 Å². The Labute approximate surface area is 176 Å². The van der Waals surface area contributed by atoms with Gasteiger partial charge in [0.15, 0.2) is 0 Å². The van der Waals surface area contributed by atoms with E-state index < -0.39 is 0 Å². The molecule has 1 amide bonds. The van der Waals surface area contributed by atoms with Gasteiger partial charge in [-0.15, -0.1) is 0 Å². The van der Waals surface area contributed by atoms with Crippen molar-refractivity contribution in [3.05, 3.63) is 65.6 Å². The van der Waals surface area contributed by atoms with Crippen LogP contribution in [0.25, 0.3) is 11.1 Å². The first-order valence-electron chi connectivity index (χ1n) is 10.2. The Morgan fingerprint density at radius 1 is 1.17 bits per heavy atom. The number of aromatic nitrogens is 4. The van der Waals surface area contributed by atoms with Gasteiger partial charge in [0.25, 0.3) is 5.91 Å². The van der Waals surface area contributed by atoms with E-state index >= 15 is 0 Å². The molecule has 1 atom stereocenters. The average Bonchev–Trinajstić information content (AvgIpc) is 3.24. The van der Waals surface area contributed by atoms with E-state index in [4.69, 9.17) is 9.72 Å². The number of hydrogen-bond donors (Lipinski definition) is 0. The quantitative estimate of drug-likeness (QED) is 0.642. The maximum Gasteiger partial charge on any atom is 0.259 e. The summed E-state index contributed by atoms with van der Waals surface area (Å²) in [6.45, 7) is 6.91. The molecular weight excluding hydrogens is 378 g/mol. The predicted octanol–water partition coefficient (Wildman–Crippen LogP) is 3.93. The molecule has 4 rings (SSSR count). The first kappa shape index (κ1) is 19.9. The molecule has 0 radical (unpaired) electrons. The molecule has 0 aromatic carbocycles.